The lowest BCUT2D eigenvalue weighted by atomic mass is 9.90. The highest BCUT2D eigenvalue weighted by molar-refractivity contribution is 5.82. The van der Waals surface area contributed by atoms with E-state index in [9.17, 15) is 10.4 Å². The van der Waals surface area contributed by atoms with Crippen LogP contribution in [0.4, 0.5) is 5.82 Å². The van der Waals surface area contributed by atoms with Gasteiger partial charge in [-0.2, -0.15) is 10.4 Å². The molecule has 1 aromatic carbocycles. The first-order valence-electron chi connectivity index (χ1n) is 11.2. The number of rotatable bonds is 4. The zero-order chi connectivity index (χ0) is 21.4. The number of aliphatic hydroxyl groups is 1. The molecule has 31 heavy (non-hydrogen) atoms. The summed E-state index contributed by atoms with van der Waals surface area (Å²) in [5, 5.41) is 26.0. The second-order valence-corrected chi connectivity index (χ2v) is 10.3. The minimum atomic E-state index is -0.681. The first-order chi connectivity index (χ1) is 14.9. The Morgan fingerprint density at radius 3 is 2.74 bits per heavy atom. The summed E-state index contributed by atoms with van der Waals surface area (Å²) >= 11 is 0. The number of nitrogens with zero attached hydrogens (tertiary/aromatic N) is 5. The van der Waals surface area contributed by atoms with Gasteiger partial charge in [-0.1, -0.05) is 12.1 Å². The fraction of sp³-hybridized carbons (Fsp3) is 0.480. The van der Waals surface area contributed by atoms with Crippen LogP contribution in [0.1, 0.15) is 45.1 Å². The van der Waals surface area contributed by atoms with Gasteiger partial charge in [0.1, 0.15) is 5.82 Å². The van der Waals surface area contributed by atoms with Crippen molar-refractivity contribution in [1.82, 2.24) is 14.8 Å². The molecule has 3 aliphatic rings. The third kappa shape index (κ3) is 2.73. The van der Waals surface area contributed by atoms with Gasteiger partial charge in [-0.25, -0.2) is 9.67 Å². The molecule has 0 unspecified atom stereocenters. The third-order valence-corrected chi connectivity index (χ3v) is 7.98. The molecule has 158 valence electrons. The number of aromatic nitrogens is 3. The molecule has 2 saturated carbocycles. The molecule has 2 atom stereocenters. The van der Waals surface area contributed by atoms with Crippen molar-refractivity contribution >= 4 is 16.7 Å². The lowest BCUT2D eigenvalue weighted by molar-refractivity contribution is 0.0263. The summed E-state index contributed by atoms with van der Waals surface area (Å²) in [7, 11) is 0. The summed E-state index contributed by atoms with van der Waals surface area (Å²) < 4.78 is 1.96. The second-order valence-electron chi connectivity index (χ2n) is 10.3. The van der Waals surface area contributed by atoms with E-state index in [1.54, 1.807) is 0 Å². The van der Waals surface area contributed by atoms with Gasteiger partial charge in [0.25, 0.3) is 0 Å². The van der Waals surface area contributed by atoms with E-state index in [0.717, 1.165) is 53.9 Å². The number of hydrogen-bond donors (Lipinski definition) is 1. The maximum Gasteiger partial charge on any atom is 0.130 e. The van der Waals surface area contributed by atoms with E-state index >= 15 is 0 Å². The number of anilines is 1. The molecule has 0 radical (unpaired) electrons. The van der Waals surface area contributed by atoms with Gasteiger partial charge in [0.2, 0.25) is 0 Å². The molecule has 1 spiro atoms. The topological polar surface area (TPSA) is 78.0 Å². The van der Waals surface area contributed by atoms with E-state index < -0.39 is 5.60 Å². The monoisotopic (exact) mass is 413 g/mol. The zero-order valence-corrected chi connectivity index (χ0v) is 18.0. The number of fused-ring (bicyclic) bond motifs is 1. The van der Waals surface area contributed by atoms with Gasteiger partial charge in [0.15, 0.2) is 0 Å². The van der Waals surface area contributed by atoms with Crippen LogP contribution in [-0.2, 0) is 5.41 Å². The van der Waals surface area contributed by atoms with E-state index in [2.05, 4.69) is 45.3 Å². The largest absolute Gasteiger partial charge is 0.390 e. The highest BCUT2D eigenvalue weighted by atomic mass is 16.3. The van der Waals surface area contributed by atoms with Crippen molar-refractivity contribution in [2.45, 2.75) is 50.5 Å². The second kappa shape index (κ2) is 6.08. The van der Waals surface area contributed by atoms with E-state index in [0.29, 0.717) is 0 Å². The Balaban J connectivity index is 1.35. The summed E-state index contributed by atoms with van der Waals surface area (Å²) in [4.78, 5) is 6.84. The minimum absolute atomic E-state index is 0.238. The Morgan fingerprint density at radius 1 is 1.23 bits per heavy atom. The fourth-order valence-corrected chi connectivity index (χ4v) is 5.60. The molecule has 3 heterocycles. The maximum absolute atomic E-state index is 10.4. The first kappa shape index (κ1) is 18.8. The summed E-state index contributed by atoms with van der Waals surface area (Å²) in [6.45, 7) is 5.47. The number of hydrogen-bond acceptors (Lipinski definition) is 5. The van der Waals surface area contributed by atoms with Crippen molar-refractivity contribution < 1.29 is 5.11 Å². The molecular formula is C25H27N5O. The van der Waals surface area contributed by atoms with Crippen LogP contribution < -0.4 is 4.90 Å². The summed E-state index contributed by atoms with van der Waals surface area (Å²) in [6.07, 6.45) is 8.02. The van der Waals surface area contributed by atoms with Gasteiger partial charge in [-0.15, -0.1) is 0 Å². The van der Waals surface area contributed by atoms with Crippen molar-refractivity contribution in [3.05, 3.63) is 48.3 Å². The standard InChI is InChI=1S/C25H27N5O/c1-23(2,31)19-6-10-29(14-19)22-12-20(5-9-27-22)30-21-11-18(4-3-17(21)13-28-30)25(16-26)15-24(25)7-8-24/h3-5,9,11-13,19,31H,6-8,10,14-15H2,1-2H3/t19-,25+/m1/s1. The number of nitriles is 1. The van der Waals surface area contributed by atoms with Crippen LogP contribution in [0.5, 0.6) is 0 Å². The molecule has 3 aromatic rings. The van der Waals surface area contributed by atoms with Crippen LogP contribution in [0.2, 0.25) is 0 Å². The van der Waals surface area contributed by atoms with Crippen LogP contribution in [0.15, 0.2) is 42.7 Å². The van der Waals surface area contributed by atoms with Gasteiger partial charge in [-0.3, -0.25) is 0 Å². The van der Waals surface area contributed by atoms with Crippen molar-refractivity contribution in [1.29, 1.82) is 5.26 Å². The highest BCUT2D eigenvalue weighted by Gasteiger charge is 2.75. The predicted molar refractivity (Wildman–Crippen MR) is 119 cm³/mol. The molecule has 1 saturated heterocycles. The molecule has 3 fully saturated rings. The quantitative estimate of drug-likeness (QED) is 0.700. The molecule has 0 amide bonds. The molecule has 0 bridgehead atoms. The van der Waals surface area contributed by atoms with Gasteiger partial charge in [0, 0.05) is 36.7 Å². The Hall–Kier alpha value is -2.91. The zero-order valence-electron chi connectivity index (χ0n) is 18.0. The normalized spacial score (nSPS) is 26.4. The molecule has 6 nitrogen and oxygen atoms in total. The van der Waals surface area contributed by atoms with E-state index in [1.807, 2.05) is 37.0 Å². The summed E-state index contributed by atoms with van der Waals surface area (Å²) in [5.74, 6) is 1.15. The average molecular weight is 414 g/mol. The fourth-order valence-electron chi connectivity index (χ4n) is 5.60. The lowest BCUT2D eigenvalue weighted by Gasteiger charge is -2.26. The first-order valence-corrected chi connectivity index (χ1v) is 11.2. The van der Waals surface area contributed by atoms with Crippen LogP contribution in [-0.4, -0.2) is 38.6 Å². The number of pyridine rings is 1. The number of benzene rings is 1. The molecule has 2 aromatic heterocycles. The Bertz CT molecular complexity index is 1230. The summed E-state index contributed by atoms with van der Waals surface area (Å²) in [6, 6.07) is 13.1. The van der Waals surface area contributed by atoms with Crippen LogP contribution in [0.3, 0.4) is 0 Å². The smallest absolute Gasteiger partial charge is 0.130 e. The Labute approximate surface area is 182 Å². The van der Waals surface area contributed by atoms with E-state index in [-0.39, 0.29) is 16.7 Å². The van der Waals surface area contributed by atoms with Gasteiger partial charge < -0.3 is 10.0 Å². The van der Waals surface area contributed by atoms with Gasteiger partial charge in [0.05, 0.1) is 34.5 Å². The van der Waals surface area contributed by atoms with Crippen LogP contribution in [0.25, 0.3) is 16.6 Å². The molecule has 6 heteroatoms. The molecular weight excluding hydrogens is 386 g/mol. The lowest BCUT2D eigenvalue weighted by Crippen LogP contribution is -2.33. The van der Waals surface area contributed by atoms with E-state index in [1.165, 1.54) is 12.8 Å². The van der Waals surface area contributed by atoms with Crippen LogP contribution in [0, 0.1) is 22.7 Å². The van der Waals surface area contributed by atoms with E-state index in [4.69, 9.17) is 0 Å². The molecule has 1 aliphatic heterocycles. The van der Waals surface area contributed by atoms with Crippen molar-refractivity contribution in [3.8, 4) is 11.8 Å². The SMILES string of the molecule is CC(C)(O)[C@@H]1CCN(c2cc(-n3ncc4ccc([C@@]5(C#N)CC56CC6)cc43)ccn2)C1. The molecule has 2 aliphatic carbocycles. The molecule has 1 N–H and O–H groups in total. The summed E-state index contributed by atoms with van der Waals surface area (Å²) in [5.41, 5.74) is 2.38. The average Bonchev–Trinajstić information content (AvgIpc) is 3.50. The van der Waals surface area contributed by atoms with Gasteiger partial charge in [-0.05, 0) is 62.6 Å². The van der Waals surface area contributed by atoms with Crippen molar-refractivity contribution in [3.63, 3.8) is 0 Å². The Morgan fingerprint density at radius 2 is 2.06 bits per heavy atom. The maximum atomic E-state index is 10.4. The third-order valence-electron chi connectivity index (χ3n) is 7.98. The minimum Gasteiger partial charge on any atom is -0.390 e. The van der Waals surface area contributed by atoms with Crippen molar-refractivity contribution in [2.75, 3.05) is 18.0 Å². The highest BCUT2D eigenvalue weighted by Crippen LogP contribution is 2.78. The predicted octanol–water partition coefficient (Wildman–Crippen LogP) is 3.96. The molecule has 6 rings (SSSR count). The Kier molecular flexibility index (Phi) is 3.69. The van der Waals surface area contributed by atoms with Crippen molar-refractivity contribution in [2.24, 2.45) is 11.3 Å². The van der Waals surface area contributed by atoms with Crippen LogP contribution >= 0.6 is 0 Å². The van der Waals surface area contributed by atoms with Gasteiger partial charge >= 0.3 is 0 Å².